The molecule has 0 radical (unpaired) electrons. The molecule has 2 aromatic heterocycles. The lowest BCUT2D eigenvalue weighted by Crippen LogP contribution is -2.26. The van der Waals surface area contributed by atoms with Crippen LogP contribution in [0.3, 0.4) is 0 Å². The van der Waals surface area contributed by atoms with E-state index in [2.05, 4.69) is 57.9 Å². The number of hydrogen-bond donors (Lipinski definition) is 2. The number of hydroxylamine groups is 1. The molecule has 0 saturated carbocycles. The van der Waals surface area contributed by atoms with Crippen molar-refractivity contribution in [3.8, 4) is 0 Å². The van der Waals surface area contributed by atoms with Gasteiger partial charge >= 0.3 is 0 Å². The number of pyridine rings is 1. The monoisotopic (exact) mass is 386 g/mol. The largest absolute Gasteiger partial charge is 0.302 e. The number of imidazole rings is 1. The lowest BCUT2D eigenvalue weighted by molar-refractivity contribution is -0.124. The molecule has 0 unspecified atom stereocenters. The van der Waals surface area contributed by atoms with E-state index in [4.69, 9.17) is 10.2 Å². The molecule has 0 atom stereocenters. The van der Waals surface area contributed by atoms with Gasteiger partial charge in [0, 0.05) is 24.2 Å². The topological polar surface area (TPSA) is 69.9 Å². The number of fused-ring (bicyclic) bond motifs is 1. The molecule has 0 aromatic carbocycles. The molecule has 0 aliphatic heterocycles. The van der Waals surface area contributed by atoms with Gasteiger partial charge in [-0.1, -0.05) is 41.5 Å². The standard InChI is InChI=1S/C22H34N4O2/c1-21(2,3)11-13-25(7)15-17-20(22(4,5)6)23-18-14-16(10-12-26(17)18)8-9-19(27)24-28/h8-10,12,14,28H,11,13,15H2,1-7H3,(H,24,27)/b9-8+. The van der Waals surface area contributed by atoms with Crippen LogP contribution in [0.1, 0.15) is 64.9 Å². The summed E-state index contributed by atoms with van der Waals surface area (Å²) >= 11 is 0. The molecule has 0 spiro atoms. The summed E-state index contributed by atoms with van der Waals surface area (Å²) < 4.78 is 2.14. The Morgan fingerprint density at radius 3 is 2.54 bits per heavy atom. The molecule has 28 heavy (non-hydrogen) atoms. The predicted molar refractivity (Wildman–Crippen MR) is 113 cm³/mol. The van der Waals surface area contributed by atoms with Crippen LogP contribution in [0.4, 0.5) is 0 Å². The van der Waals surface area contributed by atoms with Gasteiger partial charge in [-0.25, -0.2) is 10.5 Å². The maximum absolute atomic E-state index is 11.2. The number of hydrogen-bond acceptors (Lipinski definition) is 4. The van der Waals surface area contributed by atoms with Gasteiger partial charge in [-0.2, -0.15) is 0 Å². The molecule has 0 aliphatic rings. The van der Waals surface area contributed by atoms with Crippen molar-refractivity contribution >= 4 is 17.6 Å². The molecule has 6 heteroatoms. The lowest BCUT2D eigenvalue weighted by atomic mass is 9.90. The van der Waals surface area contributed by atoms with Crippen molar-refractivity contribution in [2.75, 3.05) is 13.6 Å². The highest BCUT2D eigenvalue weighted by Gasteiger charge is 2.24. The summed E-state index contributed by atoms with van der Waals surface area (Å²) in [5.74, 6) is -0.556. The minimum absolute atomic E-state index is 0.0704. The van der Waals surface area contributed by atoms with E-state index in [0.717, 1.165) is 36.4 Å². The Balaban J connectivity index is 2.37. The summed E-state index contributed by atoms with van der Waals surface area (Å²) in [7, 11) is 2.15. The predicted octanol–water partition coefficient (Wildman–Crippen LogP) is 4.02. The Bertz CT molecular complexity index is 854. The van der Waals surface area contributed by atoms with Crippen LogP contribution in [0.15, 0.2) is 24.4 Å². The van der Waals surface area contributed by atoms with Gasteiger partial charge in [-0.3, -0.25) is 10.0 Å². The SMILES string of the molecule is CN(CCC(C)(C)C)Cc1c(C(C)(C)C)nc2cc(/C=C/C(=O)NO)ccn12. The molecule has 2 N–H and O–H groups in total. The van der Waals surface area contributed by atoms with Gasteiger partial charge in [0.15, 0.2) is 0 Å². The van der Waals surface area contributed by atoms with E-state index in [9.17, 15) is 4.79 Å². The van der Waals surface area contributed by atoms with Gasteiger partial charge in [-0.05, 0) is 49.2 Å². The van der Waals surface area contributed by atoms with Gasteiger partial charge < -0.3 is 9.30 Å². The summed E-state index contributed by atoms with van der Waals surface area (Å²) in [6.45, 7) is 15.2. The third kappa shape index (κ3) is 5.91. The summed E-state index contributed by atoms with van der Waals surface area (Å²) in [4.78, 5) is 18.5. The van der Waals surface area contributed by atoms with E-state index in [-0.39, 0.29) is 5.41 Å². The number of amides is 1. The van der Waals surface area contributed by atoms with Gasteiger partial charge in [0.05, 0.1) is 11.4 Å². The fourth-order valence-electron chi connectivity index (χ4n) is 3.04. The number of aromatic nitrogens is 2. The molecule has 0 fully saturated rings. The van der Waals surface area contributed by atoms with Crippen LogP contribution in [0.25, 0.3) is 11.7 Å². The van der Waals surface area contributed by atoms with E-state index in [0.29, 0.717) is 5.41 Å². The van der Waals surface area contributed by atoms with E-state index < -0.39 is 5.91 Å². The number of carbonyl (C=O) groups is 1. The van der Waals surface area contributed by atoms with Crippen LogP contribution < -0.4 is 5.48 Å². The van der Waals surface area contributed by atoms with Crippen LogP contribution in [0.5, 0.6) is 0 Å². The molecule has 6 nitrogen and oxygen atoms in total. The third-order valence-corrected chi connectivity index (χ3v) is 4.66. The second-order valence-electron chi connectivity index (χ2n) is 9.70. The maximum Gasteiger partial charge on any atom is 0.267 e. The number of nitrogens with zero attached hydrogens (tertiary/aromatic N) is 3. The highest BCUT2D eigenvalue weighted by atomic mass is 16.5. The molecule has 2 rings (SSSR count). The highest BCUT2D eigenvalue weighted by Crippen LogP contribution is 2.28. The zero-order chi connectivity index (χ0) is 21.1. The van der Waals surface area contributed by atoms with Crippen molar-refractivity contribution in [1.82, 2.24) is 19.8 Å². The minimum atomic E-state index is -0.556. The van der Waals surface area contributed by atoms with E-state index in [1.165, 1.54) is 11.8 Å². The molecule has 0 saturated heterocycles. The Kier molecular flexibility index (Phi) is 6.67. The number of nitrogens with one attached hydrogen (secondary N) is 1. The first-order valence-electron chi connectivity index (χ1n) is 9.73. The number of carbonyl (C=O) groups excluding carboxylic acids is 1. The van der Waals surface area contributed by atoms with Gasteiger partial charge in [0.25, 0.3) is 5.91 Å². The summed E-state index contributed by atoms with van der Waals surface area (Å²) in [5, 5.41) is 8.62. The Hall–Kier alpha value is -2.18. The molecule has 0 aliphatic carbocycles. The quantitative estimate of drug-likeness (QED) is 0.447. The molecule has 0 bridgehead atoms. The van der Waals surface area contributed by atoms with E-state index >= 15 is 0 Å². The lowest BCUT2D eigenvalue weighted by Gasteiger charge is -2.25. The van der Waals surface area contributed by atoms with Gasteiger partial charge in [-0.15, -0.1) is 0 Å². The summed E-state index contributed by atoms with van der Waals surface area (Å²) in [6.07, 6.45) is 6.08. The van der Waals surface area contributed by atoms with Crippen LogP contribution in [0.2, 0.25) is 0 Å². The Morgan fingerprint density at radius 1 is 1.29 bits per heavy atom. The number of rotatable bonds is 6. The first kappa shape index (κ1) is 22.1. The van der Waals surface area contributed by atoms with Crippen molar-refractivity contribution in [2.45, 2.75) is 59.9 Å². The highest BCUT2D eigenvalue weighted by molar-refractivity contribution is 5.90. The zero-order valence-corrected chi connectivity index (χ0v) is 18.2. The zero-order valence-electron chi connectivity index (χ0n) is 18.2. The molecule has 1 amide bonds. The fourth-order valence-corrected chi connectivity index (χ4v) is 3.04. The third-order valence-electron chi connectivity index (χ3n) is 4.66. The van der Waals surface area contributed by atoms with Crippen molar-refractivity contribution in [3.05, 3.63) is 41.4 Å². The Labute approximate surface area is 168 Å². The molecule has 2 aromatic rings. The molecular formula is C22H34N4O2. The smallest absolute Gasteiger partial charge is 0.267 e. The summed E-state index contributed by atoms with van der Waals surface area (Å²) in [5.41, 5.74) is 5.83. The van der Waals surface area contributed by atoms with E-state index in [1.807, 2.05) is 18.3 Å². The van der Waals surface area contributed by atoms with Crippen molar-refractivity contribution in [3.63, 3.8) is 0 Å². The fraction of sp³-hybridized carbons (Fsp3) is 0.545. The van der Waals surface area contributed by atoms with Crippen LogP contribution in [-0.2, 0) is 16.8 Å². The minimum Gasteiger partial charge on any atom is -0.302 e. The summed E-state index contributed by atoms with van der Waals surface area (Å²) in [6, 6.07) is 3.90. The normalized spacial score (nSPS) is 13.0. The van der Waals surface area contributed by atoms with Crippen LogP contribution in [-0.4, -0.2) is 39.0 Å². The van der Waals surface area contributed by atoms with Crippen LogP contribution in [0, 0.1) is 5.41 Å². The molecule has 2 heterocycles. The second-order valence-corrected chi connectivity index (χ2v) is 9.70. The van der Waals surface area contributed by atoms with Gasteiger partial charge in [0.1, 0.15) is 5.65 Å². The molecular weight excluding hydrogens is 352 g/mol. The first-order valence-corrected chi connectivity index (χ1v) is 9.73. The van der Waals surface area contributed by atoms with Gasteiger partial charge in [0.2, 0.25) is 0 Å². The average molecular weight is 387 g/mol. The second kappa shape index (κ2) is 8.45. The molecule has 154 valence electrons. The van der Waals surface area contributed by atoms with E-state index in [1.54, 1.807) is 11.6 Å². The van der Waals surface area contributed by atoms with Crippen molar-refractivity contribution < 1.29 is 10.0 Å². The van der Waals surface area contributed by atoms with Crippen molar-refractivity contribution in [1.29, 1.82) is 0 Å². The maximum atomic E-state index is 11.2. The Morgan fingerprint density at radius 2 is 1.96 bits per heavy atom. The van der Waals surface area contributed by atoms with Crippen molar-refractivity contribution in [2.24, 2.45) is 5.41 Å². The van der Waals surface area contributed by atoms with Crippen LogP contribution >= 0.6 is 0 Å². The first-order chi connectivity index (χ1) is 12.9. The average Bonchev–Trinajstić information content (AvgIpc) is 2.95.